The molecule has 1 unspecified atom stereocenters. The Morgan fingerprint density at radius 2 is 2.05 bits per heavy atom. The number of fused-ring (bicyclic) bond motifs is 1. The second-order valence-electron chi connectivity index (χ2n) is 5.83. The van der Waals surface area contributed by atoms with E-state index in [9.17, 15) is 14.7 Å². The van der Waals surface area contributed by atoms with Gasteiger partial charge in [-0.25, -0.2) is 4.79 Å². The van der Waals surface area contributed by atoms with Crippen LogP contribution in [0.15, 0.2) is 24.3 Å². The Labute approximate surface area is 124 Å². The first kappa shape index (κ1) is 15.5. The molecule has 1 aliphatic rings. The number of ether oxygens (including phenoxy) is 1. The van der Waals surface area contributed by atoms with E-state index in [4.69, 9.17) is 4.74 Å². The van der Waals surface area contributed by atoms with Gasteiger partial charge in [0.15, 0.2) is 0 Å². The summed E-state index contributed by atoms with van der Waals surface area (Å²) in [7, 11) is 1.52. The van der Waals surface area contributed by atoms with E-state index < -0.39 is 11.5 Å². The van der Waals surface area contributed by atoms with Crippen LogP contribution in [-0.4, -0.2) is 41.1 Å². The van der Waals surface area contributed by atoms with Crippen LogP contribution < -0.4 is 0 Å². The van der Waals surface area contributed by atoms with E-state index in [-0.39, 0.29) is 18.4 Å². The van der Waals surface area contributed by atoms with Crippen molar-refractivity contribution in [3.63, 3.8) is 0 Å². The molecule has 1 aliphatic heterocycles. The largest absolute Gasteiger partial charge is 0.480 e. The molecule has 5 nitrogen and oxygen atoms in total. The van der Waals surface area contributed by atoms with Gasteiger partial charge < -0.3 is 14.7 Å². The van der Waals surface area contributed by atoms with Gasteiger partial charge in [0.1, 0.15) is 5.54 Å². The summed E-state index contributed by atoms with van der Waals surface area (Å²) in [4.78, 5) is 24.9. The second-order valence-corrected chi connectivity index (χ2v) is 5.83. The average Bonchev–Trinajstić information content (AvgIpc) is 2.46. The first-order chi connectivity index (χ1) is 9.84. The van der Waals surface area contributed by atoms with Gasteiger partial charge in [-0.2, -0.15) is 0 Å². The van der Waals surface area contributed by atoms with Gasteiger partial charge in [0.2, 0.25) is 5.91 Å². The molecule has 1 amide bonds. The maximum absolute atomic E-state index is 12.4. The van der Waals surface area contributed by atoms with Crippen LogP contribution >= 0.6 is 0 Å². The smallest absolute Gasteiger partial charge is 0.329 e. The van der Waals surface area contributed by atoms with Crippen LogP contribution in [-0.2, 0) is 20.7 Å². The molecule has 0 aromatic heterocycles. The van der Waals surface area contributed by atoms with Gasteiger partial charge in [0, 0.05) is 7.05 Å². The predicted octanol–water partition coefficient (Wildman–Crippen LogP) is 2.01. The highest BCUT2D eigenvalue weighted by atomic mass is 16.5. The summed E-state index contributed by atoms with van der Waals surface area (Å²) in [6.07, 6.45) is 0.705. The second kappa shape index (κ2) is 5.85. The van der Waals surface area contributed by atoms with Gasteiger partial charge in [-0.05, 0) is 31.4 Å². The van der Waals surface area contributed by atoms with Gasteiger partial charge >= 0.3 is 5.97 Å². The van der Waals surface area contributed by atoms with Crippen molar-refractivity contribution in [2.24, 2.45) is 0 Å². The number of aliphatic carboxylic acids is 1. The maximum Gasteiger partial charge on any atom is 0.329 e. The minimum atomic E-state index is -1.23. The summed E-state index contributed by atoms with van der Waals surface area (Å²) in [6.45, 7) is 3.62. The van der Waals surface area contributed by atoms with Crippen LogP contribution in [0.4, 0.5) is 0 Å². The summed E-state index contributed by atoms with van der Waals surface area (Å²) in [5.74, 6) is -1.26. The number of rotatable bonds is 4. The molecule has 1 aromatic rings. The summed E-state index contributed by atoms with van der Waals surface area (Å²) in [6, 6.07) is 7.91. The van der Waals surface area contributed by atoms with Crippen molar-refractivity contribution in [1.82, 2.24) is 4.90 Å². The molecule has 21 heavy (non-hydrogen) atoms. The van der Waals surface area contributed by atoms with E-state index in [0.29, 0.717) is 6.61 Å². The number of hydrogen-bond acceptors (Lipinski definition) is 3. The van der Waals surface area contributed by atoms with Crippen molar-refractivity contribution in [3.05, 3.63) is 35.4 Å². The van der Waals surface area contributed by atoms with E-state index >= 15 is 0 Å². The van der Waals surface area contributed by atoms with Crippen LogP contribution in [0.3, 0.4) is 0 Å². The highest BCUT2D eigenvalue weighted by molar-refractivity contribution is 5.86. The van der Waals surface area contributed by atoms with Crippen molar-refractivity contribution in [2.45, 2.75) is 38.3 Å². The van der Waals surface area contributed by atoms with Crippen LogP contribution in [0.1, 0.15) is 37.5 Å². The number of carboxylic acid groups (broad SMARTS) is 1. The SMILES string of the molecule is CN(C(=O)CC1OCCc2ccccc21)C(C)(C)C(=O)O. The number of likely N-dealkylation sites (N-methyl/N-ethyl adjacent to an activating group) is 1. The third kappa shape index (κ3) is 3.08. The Hall–Kier alpha value is -1.88. The first-order valence-electron chi connectivity index (χ1n) is 7.03. The van der Waals surface area contributed by atoms with Crippen LogP contribution in [0.2, 0.25) is 0 Å². The Kier molecular flexibility index (Phi) is 4.32. The molecular formula is C16H21NO4. The lowest BCUT2D eigenvalue weighted by Gasteiger charge is -2.33. The van der Waals surface area contributed by atoms with Crippen LogP contribution in [0.25, 0.3) is 0 Å². The Morgan fingerprint density at radius 3 is 2.71 bits per heavy atom. The molecule has 0 saturated heterocycles. The number of benzene rings is 1. The van der Waals surface area contributed by atoms with E-state index in [1.54, 1.807) is 0 Å². The zero-order valence-corrected chi connectivity index (χ0v) is 12.6. The molecular weight excluding hydrogens is 270 g/mol. The zero-order valence-electron chi connectivity index (χ0n) is 12.6. The normalized spacial score (nSPS) is 18.0. The fraction of sp³-hybridized carbons (Fsp3) is 0.500. The van der Waals surface area contributed by atoms with Gasteiger partial charge in [-0.15, -0.1) is 0 Å². The number of carbonyl (C=O) groups excluding carboxylic acids is 1. The van der Waals surface area contributed by atoms with Gasteiger partial charge in [0.05, 0.1) is 19.1 Å². The molecule has 0 radical (unpaired) electrons. The van der Waals surface area contributed by atoms with Gasteiger partial charge in [-0.1, -0.05) is 24.3 Å². The number of amides is 1. The van der Waals surface area contributed by atoms with E-state index in [1.807, 2.05) is 24.3 Å². The molecule has 1 N–H and O–H groups in total. The topological polar surface area (TPSA) is 66.8 Å². The number of carboxylic acids is 1. The van der Waals surface area contributed by atoms with Crippen molar-refractivity contribution < 1.29 is 19.4 Å². The van der Waals surface area contributed by atoms with Crippen molar-refractivity contribution >= 4 is 11.9 Å². The molecule has 0 saturated carbocycles. The quantitative estimate of drug-likeness (QED) is 0.921. The van der Waals surface area contributed by atoms with Crippen molar-refractivity contribution in [2.75, 3.05) is 13.7 Å². The van der Waals surface area contributed by atoms with Crippen molar-refractivity contribution in [1.29, 1.82) is 0 Å². The Morgan fingerprint density at radius 1 is 1.38 bits per heavy atom. The summed E-state index contributed by atoms with van der Waals surface area (Å²) >= 11 is 0. The van der Waals surface area contributed by atoms with E-state index in [0.717, 1.165) is 12.0 Å². The first-order valence-corrected chi connectivity index (χ1v) is 7.03. The monoisotopic (exact) mass is 291 g/mol. The highest BCUT2D eigenvalue weighted by Gasteiger charge is 2.36. The van der Waals surface area contributed by atoms with Gasteiger partial charge in [0.25, 0.3) is 0 Å². The Balaban J connectivity index is 2.13. The average molecular weight is 291 g/mol. The third-order valence-electron chi connectivity index (χ3n) is 4.19. The minimum Gasteiger partial charge on any atom is -0.480 e. The molecule has 0 fully saturated rings. The van der Waals surface area contributed by atoms with Crippen LogP contribution in [0.5, 0.6) is 0 Å². The van der Waals surface area contributed by atoms with Crippen molar-refractivity contribution in [3.8, 4) is 0 Å². The summed E-state index contributed by atoms with van der Waals surface area (Å²) in [5, 5.41) is 9.20. The van der Waals surface area contributed by atoms with Crippen LogP contribution in [0, 0.1) is 0 Å². The number of hydrogen-bond donors (Lipinski definition) is 1. The molecule has 114 valence electrons. The molecule has 2 rings (SSSR count). The highest BCUT2D eigenvalue weighted by Crippen LogP contribution is 2.30. The minimum absolute atomic E-state index is 0.157. The van der Waals surface area contributed by atoms with E-state index in [1.165, 1.54) is 31.4 Å². The molecule has 0 aliphatic carbocycles. The lowest BCUT2D eigenvalue weighted by Crippen LogP contribution is -2.51. The lowest BCUT2D eigenvalue weighted by molar-refractivity contribution is -0.156. The molecule has 0 spiro atoms. The van der Waals surface area contributed by atoms with Gasteiger partial charge in [-0.3, -0.25) is 4.79 Å². The molecule has 0 bridgehead atoms. The molecule has 5 heteroatoms. The molecule has 1 heterocycles. The molecule has 1 aromatic carbocycles. The summed E-state index contributed by atoms with van der Waals surface area (Å²) < 4.78 is 5.70. The zero-order chi connectivity index (χ0) is 15.6. The molecule has 1 atom stereocenters. The number of nitrogens with zero attached hydrogens (tertiary/aromatic N) is 1. The fourth-order valence-electron chi connectivity index (χ4n) is 2.40. The maximum atomic E-state index is 12.4. The standard InChI is InChI=1S/C16H21NO4/c1-16(2,15(19)20)17(3)14(18)10-13-12-7-5-4-6-11(12)8-9-21-13/h4-7,13H,8-10H2,1-3H3,(H,19,20). The third-order valence-corrected chi connectivity index (χ3v) is 4.19. The lowest BCUT2D eigenvalue weighted by atomic mass is 9.94. The fourth-order valence-corrected chi connectivity index (χ4v) is 2.40. The van der Waals surface area contributed by atoms with E-state index in [2.05, 4.69) is 0 Å². The number of carbonyl (C=O) groups is 2. The summed E-state index contributed by atoms with van der Waals surface area (Å²) in [5.41, 5.74) is 0.992. The predicted molar refractivity (Wildman–Crippen MR) is 77.9 cm³/mol. The Bertz CT molecular complexity index is 553.